The molecule has 0 saturated heterocycles. The number of rotatable bonds is 4. The van der Waals surface area contributed by atoms with E-state index in [9.17, 15) is 25.0 Å². The molecule has 0 aromatic heterocycles. The first kappa shape index (κ1) is 17.6. The van der Waals surface area contributed by atoms with Crippen LogP contribution in [0.5, 0.6) is 0 Å². The highest BCUT2D eigenvalue weighted by atomic mass is 35.5. The van der Waals surface area contributed by atoms with Crippen LogP contribution in [0, 0.1) is 27.2 Å². The fraction of sp³-hybridized carbons (Fsp3) is 0.0714. The van der Waals surface area contributed by atoms with Crippen molar-refractivity contribution in [2.24, 2.45) is 0 Å². The molecule has 0 aliphatic heterocycles. The number of carbonyl (C=O) groups excluding carboxylic acids is 1. The van der Waals surface area contributed by atoms with Gasteiger partial charge >= 0.3 is 0 Å². The standard InChI is InChI=1S/C14H9Cl2N3O5/c1-7-12(5-11(18(21)22)6-13(7)19(23)24)14(20)17-10-3-8(15)2-9(16)4-10/h2-6H,1H3,(H,17,20). The van der Waals surface area contributed by atoms with Crippen molar-refractivity contribution in [1.82, 2.24) is 0 Å². The van der Waals surface area contributed by atoms with Gasteiger partial charge < -0.3 is 5.32 Å². The Bertz CT molecular complexity index is 849. The summed E-state index contributed by atoms with van der Waals surface area (Å²) < 4.78 is 0. The number of carbonyl (C=O) groups is 1. The predicted molar refractivity (Wildman–Crippen MR) is 88.9 cm³/mol. The minimum absolute atomic E-state index is 0.0104. The quantitative estimate of drug-likeness (QED) is 0.634. The fourth-order valence-electron chi connectivity index (χ4n) is 2.04. The Morgan fingerprint density at radius 1 is 1.00 bits per heavy atom. The van der Waals surface area contributed by atoms with Crippen molar-refractivity contribution in [2.45, 2.75) is 6.92 Å². The van der Waals surface area contributed by atoms with Gasteiger partial charge in [0.2, 0.25) is 0 Å². The summed E-state index contributed by atoms with van der Waals surface area (Å²) in [6.07, 6.45) is 0. The Kier molecular flexibility index (Phi) is 5.01. The molecule has 1 N–H and O–H groups in total. The summed E-state index contributed by atoms with van der Waals surface area (Å²) in [5.41, 5.74) is -0.991. The molecule has 0 spiro atoms. The lowest BCUT2D eigenvalue weighted by atomic mass is 10.0. The zero-order valence-electron chi connectivity index (χ0n) is 12.1. The van der Waals surface area contributed by atoms with E-state index >= 15 is 0 Å². The lowest BCUT2D eigenvalue weighted by molar-refractivity contribution is -0.394. The maximum absolute atomic E-state index is 12.4. The smallest absolute Gasteiger partial charge is 0.279 e. The van der Waals surface area contributed by atoms with Crippen LogP contribution >= 0.6 is 23.2 Å². The van der Waals surface area contributed by atoms with Crippen LogP contribution in [0.1, 0.15) is 15.9 Å². The Morgan fingerprint density at radius 3 is 2.08 bits per heavy atom. The second-order valence-electron chi connectivity index (χ2n) is 4.76. The first-order valence-electron chi connectivity index (χ1n) is 6.40. The summed E-state index contributed by atoms with van der Waals surface area (Å²) >= 11 is 11.7. The molecule has 1 amide bonds. The van der Waals surface area contributed by atoms with E-state index in [2.05, 4.69) is 5.32 Å². The van der Waals surface area contributed by atoms with Gasteiger partial charge in [-0.05, 0) is 25.1 Å². The minimum Gasteiger partial charge on any atom is -0.322 e. The molecule has 0 bridgehead atoms. The van der Waals surface area contributed by atoms with Crippen LogP contribution in [0.25, 0.3) is 0 Å². The molecule has 0 saturated carbocycles. The van der Waals surface area contributed by atoms with Crippen LogP contribution in [0.2, 0.25) is 10.0 Å². The minimum atomic E-state index is -0.806. The summed E-state index contributed by atoms with van der Waals surface area (Å²) in [6, 6.07) is 6.09. The third-order valence-corrected chi connectivity index (χ3v) is 3.57. The molecular formula is C14H9Cl2N3O5. The number of halogens is 2. The van der Waals surface area contributed by atoms with Gasteiger partial charge in [-0.1, -0.05) is 23.2 Å². The van der Waals surface area contributed by atoms with E-state index in [0.717, 1.165) is 12.1 Å². The molecule has 10 heteroatoms. The van der Waals surface area contributed by atoms with E-state index in [1.165, 1.54) is 25.1 Å². The van der Waals surface area contributed by atoms with Gasteiger partial charge in [-0.15, -0.1) is 0 Å². The van der Waals surface area contributed by atoms with Crippen molar-refractivity contribution < 1.29 is 14.6 Å². The average Bonchev–Trinajstić information content (AvgIpc) is 2.45. The Morgan fingerprint density at radius 2 is 1.58 bits per heavy atom. The molecule has 2 aromatic carbocycles. The van der Waals surface area contributed by atoms with Crippen molar-refractivity contribution >= 4 is 46.2 Å². The van der Waals surface area contributed by atoms with Crippen LogP contribution in [0.4, 0.5) is 17.1 Å². The van der Waals surface area contributed by atoms with Crippen molar-refractivity contribution in [3.05, 3.63) is 71.7 Å². The van der Waals surface area contributed by atoms with E-state index in [1.54, 1.807) is 0 Å². The molecule has 0 atom stereocenters. The molecule has 0 aliphatic carbocycles. The number of benzene rings is 2. The van der Waals surface area contributed by atoms with Crippen LogP contribution in [0.15, 0.2) is 30.3 Å². The number of hydrogen-bond acceptors (Lipinski definition) is 5. The second-order valence-corrected chi connectivity index (χ2v) is 5.64. The molecule has 2 aromatic rings. The summed E-state index contributed by atoms with van der Waals surface area (Å²) in [4.78, 5) is 32.7. The molecule has 2 rings (SSSR count). The first-order valence-corrected chi connectivity index (χ1v) is 7.15. The van der Waals surface area contributed by atoms with Crippen LogP contribution in [0.3, 0.4) is 0 Å². The molecule has 0 radical (unpaired) electrons. The first-order chi connectivity index (χ1) is 11.2. The van der Waals surface area contributed by atoms with Gasteiger partial charge in [0.05, 0.1) is 21.5 Å². The van der Waals surface area contributed by atoms with Crippen molar-refractivity contribution in [3.63, 3.8) is 0 Å². The molecule has 0 fully saturated rings. The second kappa shape index (κ2) is 6.81. The SMILES string of the molecule is Cc1c(C(=O)Nc2cc(Cl)cc(Cl)c2)cc([N+](=O)[O-])cc1[N+](=O)[O-]. The number of nitro groups is 2. The van der Waals surface area contributed by atoms with Crippen LogP contribution in [-0.2, 0) is 0 Å². The van der Waals surface area contributed by atoms with E-state index in [0.29, 0.717) is 0 Å². The molecule has 124 valence electrons. The van der Waals surface area contributed by atoms with Gasteiger partial charge in [-0.3, -0.25) is 25.0 Å². The highest BCUT2D eigenvalue weighted by Gasteiger charge is 2.24. The summed E-state index contributed by atoms with van der Waals surface area (Å²) in [5.74, 6) is -0.752. The Balaban J connectivity index is 2.48. The lowest BCUT2D eigenvalue weighted by Crippen LogP contribution is -2.14. The topological polar surface area (TPSA) is 115 Å². The largest absolute Gasteiger partial charge is 0.322 e. The summed E-state index contributed by atoms with van der Waals surface area (Å²) in [7, 11) is 0. The zero-order valence-corrected chi connectivity index (χ0v) is 13.6. The van der Waals surface area contributed by atoms with Gasteiger partial charge in [-0.2, -0.15) is 0 Å². The molecule has 24 heavy (non-hydrogen) atoms. The molecular weight excluding hydrogens is 361 g/mol. The van der Waals surface area contributed by atoms with Gasteiger partial charge in [0.15, 0.2) is 0 Å². The summed E-state index contributed by atoms with van der Waals surface area (Å²) in [5, 5.41) is 25.0. The number of nitro benzene ring substituents is 2. The highest BCUT2D eigenvalue weighted by molar-refractivity contribution is 6.35. The normalized spacial score (nSPS) is 10.3. The monoisotopic (exact) mass is 369 g/mol. The Labute approximate surface area is 145 Å². The summed E-state index contributed by atoms with van der Waals surface area (Å²) in [6.45, 7) is 1.34. The van der Waals surface area contributed by atoms with Gasteiger partial charge in [0, 0.05) is 27.4 Å². The van der Waals surface area contributed by atoms with Crippen LogP contribution in [-0.4, -0.2) is 15.8 Å². The van der Waals surface area contributed by atoms with E-state index in [-0.39, 0.29) is 26.9 Å². The zero-order chi connectivity index (χ0) is 18.0. The number of nitrogens with one attached hydrogen (secondary N) is 1. The number of nitrogens with zero attached hydrogens (tertiary/aromatic N) is 2. The molecule has 0 heterocycles. The third-order valence-electron chi connectivity index (χ3n) is 3.14. The number of non-ortho nitro benzene ring substituents is 1. The predicted octanol–water partition coefficient (Wildman–Crippen LogP) is 4.37. The van der Waals surface area contributed by atoms with Gasteiger partial charge in [0.25, 0.3) is 17.3 Å². The fourth-order valence-corrected chi connectivity index (χ4v) is 2.57. The van der Waals surface area contributed by atoms with Crippen molar-refractivity contribution in [3.8, 4) is 0 Å². The lowest BCUT2D eigenvalue weighted by Gasteiger charge is -2.09. The molecule has 0 unspecified atom stereocenters. The van der Waals surface area contributed by atoms with Gasteiger partial charge in [0.1, 0.15) is 0 Å². The van der Waals surface area contributed by atoms with Crippen molar-refractivity contribution in [1.29, 1.82) is 0 Å². The molecule has 0 aliphatic rings. The van der Waals surface area contributed by atoms with E-state index in [4.69, 9.17) is 23.2 Å². The number of amides is 1. The third kappa shape index (κ3) is 3.79. The van der Waals surface area contributed by atoms with Gasteiger partial charge in [-0.25, -0.2) is 0 Å². The number of hydrogen-bond donors (Lipinski definition) is 1. The van der Waals surface area contributed by atoms with Crippen molar-refractivity contribution in [2.75, 3.05) is 5.32 Å². The van der Waals surface area contributed by atoms with Crippen LogP contribution < -0.4 is 5.32 Å². The van der Waals surface area contributed by atoms with E-state index < -0.39 is 27.1 Å². The molecule has 8 nitrogen and oxygen atoms in total. The maximum atomic E-state index is 12.4. The Hall–Kier alpha value is -2.71. The average molecular weight is 370 g/mol. The highest BCUT2D eigenvalue weighted by Crippen LogP contribution is 2.29. The van der Waals surface area contributed by atoms with E-state index in [1.807, 2.05) is 0 Å². The number of anilines is 1. The maximum Gasteiger partial charge on any atom is 0.279 e.